The molecule has 0 unspecified atom stereocenters. The molecule has 1 aliphatic rings. The topological polar surface area (TPSA) is 72.8 Å². The molecule has 0 bridgehead atoms. The van der Waals surface area contributed by atoms with Crippen molar-refractivity contribution in [3.63, 3.8) is 0 Å². The SMILES string of the molecule is O=C1CCC(=O)OC(O)O1. The molecule has 1 heterocycles. The number of rotatable bonds is 0. The fraction of sp³-hybridized carbons (Fsp3) is 0.600. The predicted molar refractivity (Wildman–Crippen MR) is 27.4 cm³/mol. The first-order valence-electron chi connectivity index (χ1n) is 2.75. The molecule has 0 aromatic carbocycles. The molecule has 10 heavy (non-hydrogen) atoms. The summed E-state index contributed by atoms with van der Waals surface area (Å²) in [6.45, 7) is -1.72. The van der Waals surface area contributed by atoms with E-state index in [-0.39, 0.29) is 12.8 Å². The van der Waals surface area contributed by atoms with Gasteiger partial charge in [0, 0.05) is 0 Å². The summed E-state index contributed by atoms with van der Waals surface area (Å²) in [7, 11) is 0. The average Bonchev–Trinajstić information content (AvgIpc) is 1.93. The van der Waals surface area contributed by atoms with E-state index in [1.807, 2.05) is 0 Å². The van der Waals surface area contributed by atoms with Gasteiger partial charge in [0.05, 0.1) is 12.8 Å². The monoisotopic (exact) mass is 146 g/mol. The summed E-state index contributed by atoms with van der Waals surface area (Å²) < 4.78 is 8.31. The van der Waals surface area contributed by atoms with Crippen LogP contribution in [-0.2, 0) is 19.1 Å². The summed E-state index contributed by atoms with van der Waals surface area (Å²) in [6, 6.07) is 0. The lowest BCUT2D eigenvalue weighted by Gasteiger charge is -2.05. The minimum absolute atomic E-state index is 0.0319. The van der Waals surface area contributed by atoms with Crippen LogP contribution in [0.3, 0.4) is 0 Å². The third-order valence-electron chi connectivity index (χ3n) is 0.998. The molecular weight excluding hydrogens is 140 g/mol. The number of aliphatic hydroxyl groups excluding tert-OH is 1. The van der Waals surface area contributed by atoms with E-state index < -0.39 is 18.4 Å². The van der Waals surface area contributed by atoms with E-state index in [0.717, 1.165) is 0 Å². The van der Waals surface area contributed by atoms with Gasteiger partial charge in [-0.2, -0.15) is 0 Å². The van der Waals surface area contributed by atoms with Crippen molar-refractivity contribution in [1.29, 1.82) is 0 Å². The minimum atomic E-state index is -1.72. The van der Waals surface area contributed by atoms with Crippen LogP contribution < -0.4 is 0 Å². The third kappa shape index (κ3) is 1.70. The van der Waals surface area contributed by atoms with Crippen molar-refractivity contribution in [3.05, 3.63) is 0 Å². The smallest absolute Gasteiger partial charge is 0.362 e. The molecule has 0 aromatic heterocycles. The largest absolute Gasteiger partial charge is 0.400 e. The molecule has 1 saturated heterocycles. The van der Waals surface area contributed by atoms with Crippen LogP contribution in [0.15, 0.2) is 0 Å². The van der Waals surface area contributed by atoms with Crippen LogP contribution in [0.25, 0.3) is 0 Å². The Hall–Kier alpha value is -1.10. The number of ether oxygens (including phenoxy) is 2. The maximum absolute atomic E-state index is 10.4. The molecule has 0 aliphatic carbocycles. The first-order chi connectivity index (χ1) is 4.68. The molecule has 0 amide bonds. The van der Waals surface area contributed by atoms with Crippen LogP contribution >= 0.6 is 0 Å². The molecule has 0 atom stereocenters. The maximum Gasteiger partial charge on any atom is 0.362 e. The van der Waals surface area contributed by atoms with Crippen LogP contribution in [-0.4, -0.2) is 23.5 Å². The highest BCUT2D eigenvalue weighted by Gasteiger charge is 2.21. The van der Waals surface area contributed by atoms with Crippen LogP contribution in [0, 0.1) is 0 Å². The lowest BCUT2D eigenvalue weighted by molar-refractivity contribution is -0.239. The second kappa shape index (κ2) is 2.66. The zero-order chi connectivity index (χ0) is 7.56. The highest BCUT2D eigenvalue weighted by molar-refractivity contribution is 5.79. The molecule has 5 heteroatoms. The Labute approximate surface area is 56.5 Å². The lowest BCUT2D eigenvalue weighted by atomic mass is 10.3. The third-order valence-corrected chi connectivity index (χ3v) is 0.998. The Balaban J connectivity index is 2.54. The summed E-state index contributed by atoms with van der Waals surface area (Å²) in [5.41, 5.74) is 0. The van der Waals surface area contributed by atoms with Crippen LogP contribution in [0.1, 0.15) is 12.8 Å². The summed E-state index contributed by atoms with van der Waals surface area (Å²) >= 11 is 0. The van der Waals surface area contributed by atoms with Crippen molar-refractivity contribution in [2.75, 3.05) is 0 Å². The molecule has 1 aliphatic heterocycles. The standard InChI is InChI=1S/C5H6O5/c6-3-1-2-4(7)10-5(8)9-3/h5,8H,1-2H2. The van der Waals surface area contributed by atoms with Gasteiger partial charge in [-0.25, -0.2) is 0 Å². The number of carbonyl (C=O) groups is 2. The van der Waals surface area contributed by atoms with Crippen molar-refractivity contribution >= 4 is 11.9 Å². The second-order valence-electron chi connectivity index (χ2n) is 1.79. The quantitative estimate of drug-likeness (QED) is 0.450. The number of aliphatic hydroxyl groups is 1. The fourth-order valence-electron chi connectivity index (χ4n) is 0.571. The van der Waals surface area contributed by atoms with Crippen molar-refractivity contribution in [2.24, 2.45) is 0 Å². The molecule has 5 nitrogen and oxygen atoms in total. The Morgan fingerprint density at radius 2 is 1.60 bits per heavy atom. The van der Waals surface area contributed by atoms with Crippen molar-refractivity contribution in [2.45, 2.75) is 19.3 Å². The molecule has 0 spiro atoms. The number of carbonyl (C=O) groups excluding carboxylic acids is 2. The summed E-state index contributed by atoms with van der Waals surface area (Å²) in [4.78, 5) is 20.8. The van der Waals surface area contributed by atoms with Crippen LogP contribution in [0.5, 0.6) is 0 Å². The Bertz CT molecular complexity index is 145. The van der Waals surface area contributed by atoms with Gasteiger partial charge < -0.3 is 14.6 Å². The highest BCUT2D eigenvalue weighted by Crippen LogP contribution is 2.05. The molecule has 0 aromatic rings. The number of esters is 2. The van der Waals surface area contributed by atoms with Crippen LogP contribution in [0.4, 0.5) is 0 Å². The van der Waals surface area contributed by atoms with Gasteiger partial charge in [0.1, 0.15) is 0 Å². The van der Waals surface area contributed by atoms with Gasteiger partial charge in [0.25, 0.3) is 0 Å². The Kier molecular flexibility index (Phi) is 1.86. The summed E-state index contributed by atoms with van der Waals surface area (Å²) in [5.74, 6) is -1.25. The van der Waals surface area contributed by atoms with Gasteiger partial charge in [-0.3, -0.25) is 9.59 Å². The summed E-state index contributed by atoms with van der Waals surface area (Å²) in [6.07, 6.45) is -0.0637. The number of hydrogen-bond acceptors (Lipinski definition) is 5. The van der Waals surface area contributed by atoms with Gasteiger partial charge in [0.2, 0.25) is 0 Å². The van der Waals surface area contributed by atoms with E-state index in [4.69, 9.17) is 5.11 Å². The van der Waals surface area contributed by atoms with Gasteiger partial charge in [-0.1, -0.05) is 0 Å². The number of hydrogen-bond donors (Lipinski definition) is 1. The average molecular weight is 146 g/mol. The fourth-order valence-corrected chi connectivity index (χ4v) is 0.571. The predicted octanol–water partition coefficient (Wildman–Crippen LogP) is -0.858. The molecule has 1 fully saturated rings. The van der Waals surface area contributed by atoms with E-state index in [0.29, 0.717) is 0 Å². The Morgan fingerprint density at radius 1 is 1.20 bits per heavy atom. The lowest BCUT2D eigenvalue weighted by Crippen LogP contribution is -2.18. The zero-order valence-electron chi connectivity index (χ0n) is 5.07. The molecule has 1 N–H and O–H groups in total. The van der Waals surface area contributed by atoms with Gasteiger partial charge in [0.15, 0.2) is 0 Å². The van der Waals surface area contributed by atoms with E-state index in [1.165, 1.54) is 0 Å². The molecule has 56 valence electrons. The highest BCUT2D eigenvalue weighted by atomic mass is 16.8. The van der Waals surface area contributed by atoms with Crippen molar-refractivity contribution in [3.8, 4) is 0 Å². The minimum Gasteiger partial charge on any atom is -0.400 e. The van der Waals surface area contributed by atoms with Gasteiger partial charge in [-0.05, 0) is 0 Å². The molecule has 1 rings (SSSR count). The first-order valence-corrected chi connectivity index (χ1v) is 2.75. The normalized spacial score (nSPS) is 21.3. The van der Waals surface area contributed by atoms with Crippen LogP contribution in [0.2, 0.25) is 0 Å². The Morgan fingerprint density at radius 3 is 2.00 bits per heavy atom. The summed E-state index contributed by atoms with van der Waals surface area (Å²) in [5, 5.41) is 8.54. The second-order valence-corrected chi connectivity index (χ2v) is 1.79. The molecule has 0 radical (unpaired) electrons. The first kappa shape index (κ1) is 7.01. The van der Waals surface area contributed by atoms with E-state index in [9.17, 15) is 9.59 Å². The molecule has 0 saturated carbocycles. The van der Waals surface area contributed by atoms with E-state index in [2.05, 4.69) is 9.47 Å². The zero-order valence-corrected chi connectivity index (χ0v) is 5.07. The van der Waals surface area contributed by atoms with Crippen molar-refractivity contribution < 1.29 is 24.2 Å². The van der Waals surface area contributed by atoms with Crippen molar-refractivity contribution in [1.82, 2.24) is 0 Å². The van der Waals surface area contributed by atoms with E-state index in [1.54, 1.807) is 0 Å². The molecular formula is C5H6O5. The van der Waals surface area contributed by atoms with Gasteiger partial charge >= 0.3 is 18.4 Å². The van der Waals surface area contributed by atoms with Gasteiger partial charge in [-0.15, -0.1) is 0 Å². The number of cyclic esters (lactones) is 2. The maximum atomic E-state index is 10.4. The van der Waals surface area contributed by atoms with E-state index >= 15 is 0 Å².